The number of rotatable bonds is 4. The molecule has 1 atom stereocenters. The highest BCUT2D eigenvalue weighted by molar-refractivity contribution is 5.81. The van der Waals surface area contributed by atoms with Crippen LogP contribution in [0.4, 0.5) is 19.1 Å². The van der Waals surface area contributed by atoms with Gasteiger partial charge in [-0.05, 0) is 19.9 Å². The molecule has 8 heteroatoms. The zero-order valence-corrected chi connectivity index (χ0v) is 9.88. The van der Waals surface area contributed by atoms with E-state index in [2.05, 4.69) is 15.3 Å². The Morgan fingerprint density at radius 3 is 2.72 bits per heavy atom. The molecule has 0 saturated heterocycles. The lowest BCUT2D eigenvalue weighted by molar-refractivity contribution is -0.174. The van der Waals surface area contributed by atoms with E-state index in [-0.39, 0.29) is 6.54 Å². The molecule has 1 rings (SSSR count). The minimum Gasteiger partial charge on any atom is -0.352 e. The van der Waals surface area contributed by atoms with Gasteiger partial charge in [0.25, 0.3) is 0 Å². The van der Waals surface area contributed by atoms with Crippen LogP contribution in [0.5, 0.6) is 0 Å². The van der Waals surface area contributed by atoms with E-state index in [0.717, 1.165) is 5.69 Å². The minimum atomic E-state index is -4.87. The molecular formula is C10H13F3N4O. The van der Waals surface area contributed by atoms with E-state index in [1.807, 2.05) is 5.32 Å². The van der Waals surface area contributed by atoms with Crippen molar-refractivity contribution in [3.8, 4) is 0 Å². The molecule has 0 bridgehead atoms. The molecule has 5 nitrogen and oxygen atoms in total. The van der Waals surface area contributed by atoms with Crippen LogP contribution in [0.25, 0.3) is 0 Å². The first-order valence-electron chi connectivity index (χ1n) is 5.20. The van der Waals surface area contributed by atoms with E-state index in [4.69, 9.17) is 0 Å². The molecule has 0 fully saturated rings. The molecule has 2 N–H and O–H groups in total. The summed E-state index contributed by atoms with van der Waals surface area (Å²) < 4.78 is 35.9. The molecule has 0 saturated carbocycles. The average molecular weight is 262 g/mol. The second-order valence-corrected chi connectivity index (χ2v) is 3.77. The number of alkyl halides is 3. The molecule has 0 radical (unpaired) electrons. The smallest absolute Gasteiger partial charge is 0.352 e. The molecule has 1 amide bonds. The van der Waals surface area contributed by atoms with Gasteiger partial charge in [0.05, 0.1) is 0 Å². The zero-order chi connectivity index (χ0) is 13.8. The van der Waals surface area contributed by atoms with Gasteiger partial charge in [0.1, 0.15) is 0 Å². The fraction of sp³-hybridized carbons (Fsp3) is 0.500. The van der Waals surface area contributed by atoms with Crippen LogP contribution in [0.15, 0.2) is 12.3 Å². The Morgan fingerprint density at radius 2 is 2.17 bits per heavy atom. The summed E-state index contributed by atoms with van der Waals surface area (Å²) in [6, 6.07) is 1.00. The molecule has 0 aromatic carbocycles. The Morgan fingerprint density at radius 1 is 1.50 bits per heavy atom. The lowest BCUT2D eigenvalue weighted by Crippen LogP contribution is -2.44. The van der Waals surface area contributed by atoms with E-state index in [0.29, 0.717) is 5.95 Å². The summed E-state index contributed by atoms with van der Waals surface area (Å²) in [5, 5.41) is 4.56. The van der Waals surface area contributed by atoms with Gasteiger partial charge in [-0.25, -0.2) is 9.97 Å². The van der Waals surface area contributed by atoms with Gasteiger partial charge < -0.3 is 10.6 Å². The second-order valence-electron chi connectivity index (χ2n) is 3.77. The van der Waals surface area contributed by atoms with Crippen LogP contribution in [0.2, 0.25) is 0 Å². The van der Waals surface area contributed by atoms with E-state index in [1.54, 1.807) is 13.0 Å². The number of anilines is 1. The fourth-order valence-corrected chi connectivity index (χ4v) is 1.14. The summed E-state index contributed by atoms with van der Waals surface area (Å²) in [5.74, 6) is -1.65. The maximum atomic E-state index is 12.0. The Labute approximate surface area is 102 Å². The molecule has 0 spiro atoms. The first-order valence-corrected chi connectivity index (χ1v) is 5.20. The predicted octanol–water partition coefficient (Wildman–Crippen LogP) is 1.26. The number of halogens is 3. The molecule has 18 heavy (non-hydrogen) atoms. The van der Waals surface area contributed by atoms with Crippen LogP contribution in [0.3, 0.4) is 0 Å². The van der Waals surface area contributed by atoms with Crippen molar-refractivity contribution in [1.82, 2.24) is 15.3 Å². The van der Waals surface area contributed by atoms with Crippen molar-refractivity contribution >= 4 is 11.9 Å². The largest absolute Gasteiger partial charge is 0.471 e. The third-order valence-corrected chi connectivity index (χ3v) is 2.00. The Hall–Kier alpha value is -1.86. The standard InChI is InChI=1S/C10H13F3N4O/c1-6-3-4-14-9(17-6)15-5-7(2)16-8(18)10(11,12)13/h3-4,7H,5H2,1-2H3,(H,16,18)(H,14,15,17)/t7-/m1/s1. The summed E-state index contributed by atoms with van der Waals surface area (Å²) in [7, 11) is 0. The van der Waals surface area contributed by atoms with Crippen molar-refractivity contribution in [2.45, 2.75) is 26.1 Å². The third kappa shape index (κ3) is 4.56. The van der Waals surface area contributed by atoms with Crippen molar-refractivity contribution in [1.29, 1.82) is 0 Å². The highest BCUT2D eigenvalue weighted by Crippen LogP contribution is 2.14. The fourth-order valence-electron chi connectivity index (χ4n) is 1.14. The lowest BCUT2D eigenvalue weighted by Gasteiger charge is -2.15. The van der Waals surface area contributed by atoms with Gasteiger partial charge >= 0.3 is 12.1 Å². The monoisotopic (exact) mass is 262 g/mol. The average Bonchev–Trinajstić information content (AvgIpc) is 2.25. The van der Waals surface area contributed by atoms with Crippen LogP contribution in [-0.2, 0) is 4.79 Å². The summed E-state index contributed by atoms with van der Waals surface area (Å²) in [6.07, 6.45) is -3.34. The number of carbonyl (C=O) groups is 1. The number of aromatic nitrogens is 2. The number of hydrogen-bond acceptors (Lipinski definition) is 4. The first kappa shape index (κ1) is 14.2. The summed E-state index contributed by atoms with van der Waals surface area (Å²) >= 11 is 0. The number of hydrogen-bond donors (Lipinski definition) is 2. The maximum absolute atomic E-state index is 12.0. The number of nitrogens with zero attached hydrogens (tertiary/aromatic N) is 2. The van der Waals surface area contributed by atoms with Crippen molar-refractivity contribution in [2.24, 2.45) is 0 Å². The van der Waals surface area contributed by atoms with Crippen LogP contribution < -0.4 is 10.6 Å². The number of carbonyl (C=O) groups excluding carboxylic acids is 1. The quantitative estimate of drug-likeness (QED) is 0.857. The van der Waals surface area contributed by atoms with Crippen molar-refractivity contribution in [3.63, 3.8) is 0 Å². The Bertz CT molecular complexity index is 422. The van der Waals surface area contributed by atoms with E-state index in [1.165, 1.54) is 13.1 Å². The topological polar surface area (TPSA) is 66.9 Å². The van der Waals surface area contributed by atoms with E-state index in [9.17, 15) is 18.0 Å². The molecule has 1 heterocycles. The van der Waals surface area contributed by atoms with Gasteiger partial charge in [0.15, 0.2) is 0 Å². The SMILES string of the molecule is Cc1ccnc(NC[C@@H](C)NC(=O)C(F)(F)F)n1. The molecule has 100 valence electrons. The maximum Gasteiger partial charge on any atom is 0.471 e. The summed E-state index contributed by atoms with van der Waals surface area (Å²) in [4.78, 5) is 18.5. The summed E-state index contributed by atoms with van der Waals surface area (Å²) in [6.45, 7) is 3.32. The van der Waals surface area contributed by atoms with Crippen LogP contribution in [0.1, 0.15) is 12.6 Å². The predicted molar refractivity (Wildman–Crippen MR) is 58.9 cm³/mol. The van der Waals surface area contributed by atoms with Gasteiger partial charge in [0, 0.05) is 24.5 Å². The van der Waals surface area contributed by atoms with Gasteiger partial charge in [0.2, 0.25) is 5.95 Å². The molecule has 1 aromatic heterocycles. The molecule has 1 aromatic rings. The van der Waals surface area contributed by atoms with Crippen molar-refractivity contribution < 1.29 is 18.0 Å². The first-order chi connectivity index (χ1) is 8.29. The highest BCUT2D eigenvalue weighted by atomic mass is 19.4. The van der Waals surface area contributed by atoms with Gasteiger partial charge in [-0.2, -0.15) is 13.2 Å². The van der Waals surface area contributed by atoms with Crippen LogP contribution >= 0.6 is 0 Å². The normalized spacial score (nSPS) is 12.9. The Balaban J connectivity index is 2.42. The number of amides is 1. The van der Waals surface area contributed by atoms with Gasteiger partial charge in [-0.15, -0.1) is 0 Å². The molecule has 0 aliphatic rings. The van der Waals surface area contributed by atoms with Gasteiger partial charge in [-0.1, -0.05) is 0 Å². The van der Waals surface area contributed by atoms with E-state index < -0.39 is 18.1 Å². The third-order valence-electron chi connectivity index (χ3n) is 2.00. The number of nitrogens with one attached hydrogen (secondary N) is 2. The minimum absolute atomic E-state index is 0.102. The number of aryl methyl sites for hydroxylation is 1. The zero-order valence-electron chi connectivity index (χ0n) is 9.88. The van der Waals surface area contributed by atoms with Gasteiger partial charge in [-0.3, -0.25) is 4.79 Å². The van der Waals surface area contributed by atoms with Crippen LogP contribution in [0, 0.1) is 6.92 Å². The Kier molecular flexibility index (Phi) is 4.46. The lowest BCUT2D eigenvalue weighted by atomic mass is 10.3. The van der Waals surface area contributed by atoms with Crippen molar-refractivity contribution in [3.05, 3.63) is 18.0 Å². The van der Waals surface area contributed by atoms with E-state index >= 15 is 0 Å². The highest BCUT2D eigenvalue weighted by Gasteiger charge is 2.39. The molecule has 0 aliphatic carbocycles. The molecule has 0 unspecified atom stereocenters. The second kappa shape index (κ2) is 5.65. The van der Waals surface area contributed by atoms with Crippen molar-refractivity contribution in [2.75, 3.05) is 11.9 Å². The van der Waals surface area contributed by atoms with Crippen LogP contribution in [-0.4, -0.2) is 34.6 Å². The molecule has 0 aliphatic heterocycles. The summed E-state index contributed by atoms with van der Waals surface area (Å²) in [5.41, 5.74) is 0.736. The molecular weight excluding hydrogens is 249 g/mol.